The first-order valence-electron chi connectivity index (χ1n) is 6.12. The summed E-state index contributed by atoms with van der Waals surface area (Å²) in [7, 11) is 1.50. The van der Waals surface area contributed by atoms with Crippen molar-refractivity contribution in [1.82, 2.24) is 4.90 Å². The van der Waals surface area contributed by atoms with E-state index >= 15 is 0 Å². The Kier molecular flexibility index (Phi) is 2.77. The summed E-state index contributed by atoms with van der Waals surface area (Å²) in [4.78, 5) is 24.4. The molecular weight excluding hydrogens is 248 g/mol. The van der Waals surface area contributed by atoms with E-state index in [4.69, 9.17) is 9.47 Å². The monoisotopic (exact) mass is 262 g/mol. The quantitative estimate of drug-likeness (QED) is 0.792. The summed E-state index contributed by atoms with van der Waals surface area (Å²) >= 11 is 0. The Hall–Kier alpha value is -2.24. The highest BCUT2D eigenvalue weighted by molar-refractivity contribution is 6.06. The summed E-state index contributed by atoms with van der Waals surface area (Å²) in [5.74, 6) is 0.976. The SMILES string of the molecule is CN1C(=O)CC(Nc2ccc3c(c2)OCCO3)C1=O. The van der Waals surface area contributed by atoms with Crippen LogP contribution < -0.4 is 14.8 Å². The molecule has 1 atom stereocenters. The number of hydrogen-bond donors (Lipinski definition) is 1. The molecule has 0 spiro atoms. The number of anilines is 1. The zero-order chi connectivity index (χ0) is 13.4. The molecule has 1 aromatic rings. The van der Waals surface area contributed by atoms with Gasteiger partial charge in [0, 0.05) is 18.8 Å². The first-order chi connectivity index (χ1) is 9.15. The molecule has 2 aliphatic rings. The molecule has 1 aromatic carbocycles. The van der Waals surface area contributed by atoms with E-state index in [-0.39, 0.29) is 18.2 Å². The van der Waals surface area contributed by atoms with E-state index in [1.165, 1.54) is 7.05 Å². The van der Waals surface area contributed by atoms with E-state index < -0.39 is 6.04 Å². The molecule has 0 saturated carbocycles. The second-order valence-corrected chi connectivity index (χ2v) is 4.55. The van der Waals surface area contributed by atoms with Crippen molar-refractivity contribution < 1.29 is 19.1 Å². The Morgan fingerprint density at radius 2 is 1.95 bits per heavy atom. The first-order valence-corrected chi connectivity index (χ1v) is 6.12. The number of fused-ring (bicyclic) bond motifs is 1. The lowest BCUT2D eigenvalue weighted by atomic mass is 10.2. The zero-order valence-electron chi connectivity index (χ0n) is 10.5. The maximum absolute atomic E-state index is 11.8. The molecule has 2 aliphatic heterocycles. The van der Waals surface area contributed by atoms with E-state index in [0.717, 1.165) is 10.6 Å². The van der Waals surface area contributed by atoms with Gasteiger partial charge in [0.05, 0.1) is 6.42 Å². The molecular formula is C13H14N2O4. The van der Waals surface area contributed by atoms with Gasteiger partial charge in [-0.25, -0.2) is 0 Å². The fourth-order valence-corrected chi connectivity index (χ4v) is 2.20. The van der Waals surface area contributed by atoms with Gasteiger partial charge >= 0.3 is 0 Å². The number of amides is 2. The first kappa shape index (κ1) is 11.8. The maximum Gasteiger partial charge on any atom is 0.251 e. The van der Waals surface area contributed by atoms with E-state index in [2.05, 4.69) is 5.32 Å². The lowest BCUT2D eigenvalue weighted by Gasteiger charge is -2.20. The third-order valence-electron chi connectivity index (χ3n) is 3.26. The molecule has 1 N–H and O–H groups in total. The summed E-state index contributed by atoms with van der Waals surface area (Å²) in [6.07, 6.45) is 0.184. The number of ether oxygens (including phenoxy) is 2. The number of benzene rings is 1. The number of carbonyl (C=O) groups is 2. The lowest BCUT2D eigenvalue weighted by Crippen LogP contribution is -2.31. The molecule has 0 bridgehead atoms. The van der Waals surface area contributed by atoms with Crippen LogP contribution in [0.3, 0.4) is 0 Å². The van der Waals surface area contributed by atoms with Gasteiger partial charge in [-0.15, -0.1) is 0 Å². The molecule has 1 fully saturated rings. The smallest absolute Gasteiger partial charge is 0.251 e. The number of nitrogens with one attached hydrogen (secondary N) is 1. The summed E-state index contributed by atoms with van der Waals surface area (Å²) in [6.45, 7) is 1.06. The fraction of sp³-hybridized carbons (Fsp3) is 0.385. The molecule has 100 valence electrons. The van der Waals surface area contributed by atoms with Gasteiger partial charge in [0.15, 0.2) is 11.5 Å². The van der Waals surface area contributed by atoms with Gasteiger partial charge in [0.25, 0.3) is 5.91 Å². The number of nitrogens with zero attached hydrogens (tertiary/aromatic N) is 1. The topological polar surface area (TPSA) is 67.9 Å². The van der Waals surface area contributed by atoms with Crippen molar-refractivity contribution in [3.63, 3.8) is 0 Å². The third kappa shape index (κ3) is 2.09. The van der Waals surface area contributed by atoms with Crippen LogP contribution in [-0.2, 0) is 9.59 Å². The van der Waals surface area contributed by atoms with Gasteiger partial charge in [-0.3, -0.25) is 14.5 Å². The fourth-order valence-electron chi connectivity index (χ4n) is 2.20. The van der Waals surface area contributed by atoms with Gasteiger partial charge in [-0.05, 0) is 12.1 Å². The van der Waals surface area contributed by atoms with Gasteiger partial charge in [0.2, 0.25) is 5.91 Å². The predicted octanol–water partition coefficient (Wildman–Crippen LogP) is 0.627. The third-order valence-corrected chi connectivity index (χ3v) is 3.26. The van der Waals surface area contributed by atoms with Gasteiger partial charge in [-0.2, -0.15) is 0 Å². The summed E-state index contributed by atoms with van der Waals surface area (Å²) < 4.78 is 10.9. The van der Waals surface area contributed by atoms with Crippen molar-refractivity contribution in [3.8, 4) is 11.5 Å². The predicted molar refractivity (Wildman–Crippen MR) is 67.2 cm³/mol. The van der Waals surface area contributed by atoms with Crippen molar-refractivity contribution in [2.75, 3.05) is 25.6 Å². The molecule has 0 aliphatic carbocycles. The summed E-state index contributed by atoms with van der Waals surface area (Å²) in [5.41, 5.74) is 0.741. The Morgan fingerprint density at radius 3 is 2.63 bits per heavy atom. The van der Waals surface area contributed by atoms with E-state index in [1.807, 2.05) is 6.07 Å². The minimum absolute atomic E-state index is 0.167. The van der Waals surface area contributed by atoms with E-state index in [1.54, 1.807) is 12.1 Å². The number of likely N-dealkylation sites (N-methyl/N-ethyl adjacent to an activating group) is 1. The molecule has 1 saturated heterocycles. The van der Waals surface area contributed by atoms with Crippen LogP contribution >= 0.6 is 0 Å². The van der Waals surface area contributed by atoms with Crippen LogP contribution in [0.2, 0.25) is 0 Å². The minimum Gasteiger partial charge on any atom is -0.486 e. The molecule has 2 heterocycles. The number of imide groups is 1. The highest BCUT2D eigenvalue weighted by Gasteiger charge is 2.36. The van der Waals surface area contributed by atoms with Crippen LogP contribution in [0.5, 0.6) is 11.5 Å². The largest absolute Gasteiger partial charge is 0.486 e. The van der Waals surface area contributed by atoms with Crippen molar-refractivity contribution >= 4 is 17.5 Å². The maximum atomic E-state index is 11.8. The van der Waals surface area contributed by atoms with Gasteiger partial charge in [0.1, 0.15) is 19.3 Å². The molecule has 19 heavy (non-hydrogen) atoms. The van der Waals surface area contributed by atoms with Crippen LogP contribution in [0.25, 0.3) is 0 Å². The van der Waals surface area contributed by atoms with Crippen molar-refractivity contribution in [2.45, 2.75) is 12.5 Å². The van der Waals surface area contributed by atoms with E-state index in [9.17, 15) is 9.59 Å². The van der Waals surface area contributed by atoms with Gasteiger partial charge < -0.3 is 14.8 Å². The summed E-state index contributed by atoms with van der Waals surface area (Å²) in [5, 5.41) is 3.05. The van der Waals surface area contributed by atoms with Crippen molar-refractivity contribution in [1.29, 1.82) is 0 Å². The average molecular weight is 262 g/mol. The summed E-state index contributed by atoms with van der Waals surface area (Å²) in [6, 6.07) is 4.88. The molecule has 1 unspecified atom stereocenters. The van der Waals surface area contributed by atoms with Crippen LogP contribution in [0.4, 0.5) is 5.69 Å². The lowest BCUT2D eigenvalue weighted by molar-refractivity contribution is -0.136. The Morgan fingerprint density at radius 1 is 1.21 bits per heavy atom. The van der Waals surface area contributed by atoms with Crippen molar-refractivity contribution in [2.24, 2.45) is 0 Å². The van der Waals surface area contributed by atoms with Crippen molar-refractivity contribution in [3.05, 3.63) is 18.2 Å². The normalized spacial score (nSPS) is 21.7. The number of rotatable bonds is 2. The Balaban J connectivity index is 1.77. The Bertz CT molecular complexity index is 543. The van der Waals surface area contributed by atoms with Crippen LogP contribution in [0.1, 0.15) is 6.42 Å². The molecule has 6 nitrogen and oxygen atoms in total. The molecule has 0 radical (unpaired) electrons. The second kappa shape index (κ2) is 4.46. The van der Waals surface area contributed by atoms with Gasteiger partial charge in [-0.1, -0.05) is 0 Å². The average Bonchev–Trinajstić information content (AvgIpc) is 2.66. The molecule has 3 rings (SSSR count). The van der Waals surface area contributed by atoms with Crippen LogP contribution in [-0.4, -0.2) is 43.0 Å². The Labute approximate surface area is 110 Å². The molecule has 0 aromatic heterocycles. The molecule has 2 amide bonds. The highest BCUT2D eigenvalue weighted by atomic mass is 16.6. The number of carbonyl (C=O) groups excluding carboxylic acids is 2. The highest BCUT2D eigenvalue weighted by Crippen LogP contribution is 2.33. The van der Waals surface area contributed by atoms with Crippen LogP contribution in [0, 0.1) is 0 Å². The number of likely N-dealkylation sites (tertiary alicyclic amines) is 1. The molecule has 6 heteroatoms. The van der Waals surface area contributed by atoms with E-state index in [0.29, 0.717) is 24.7 Å². The minimum atomic E-state index is -0.500. The van der Waals surface area contributed by atoms with Crippen LogP contribution in [0.15, 0.2) is 18.2 Å². The second-order valence-electron chi connectivity index (χ2n) is 4.55. The standard InChI is InChI=1S/C13H14N2O4/c1-15-12(16)7-9(13(15)17)14-8-2-3-10-11(6-8)19-5-4-18-10/h2-3,6,9,14H,4-5,7H2,1H3. The zero-order valence-corrected chi connectivity index (χ0v) is 10.5. The number of hydrogen-bond acceptors (Lipinski definition) is 5.